The van der Waals surface area contributed by atoms with Crippen molar-refractivity contribution in [1.82, 2.24) is 0 Å². The Bertz CT molecular complexity index is 719. The Morgan fingerprint density at radius 1 is 1.27 bits per heavy atom. The van der Waals surface area contributed by atoms with Crippen LogP contribution in [-0.2, 0) is 4.79 Å². The summed E-state index contributed by atoms with van der Waals surface area (Å²) in [6.07, 6.45) is 13.5. The van der Waals surface area contributed by atoms with Gasteiger partial charge < -0.3 is 0 Å². The molecule has 0 aliphatic heterocycles. The monoisotopic (exact) mass is 353 g/mol. The van der Waals surface area contributed by atoms with Crippen molar-refractivity contribution >= 4 is 5.78 Å². The van der Waals surface area contributed by atoms with Crippen LogP contribution in [0.4, 0.5) is 0 Å². The van der Waals surface area contributed by atoms with Gasteiger partial charge in [0.05, 0.1) is 0 Å². The van der Waals surface area contributed by atoms with Crippen LogP contribution < -0.4 is 0 Å². The van der Waals surface area contributed by atoms with Gasteiger partial charge in [-0.3, -0.25) is 4.79 Å². The molecule has 4 rings (SSSR count). The van der Waals surface area contributed by atoms with Gasteiger partial charge in [-0.2, -0.15) is 0 Å². The van der Waals surface area contributed by atoms with Crippen LogP contribution in [0, 0.1) is 40.4 Å². The van der Waals surface area contributed by atoms with Gasteiger partial charge in [0.25, 0.3) is 0 Å². The molecule has 0 saturated heterocycles. The molecule has 0 N–H and O–H groups in total. The van der Waals surface area contributed by atoms with Crippen LogP contribution in [0.3, 0.4) is 0 Å². The molecule has 4 heteroatoms. The summed E-state index contributed by atoms with van der Waals surface area (Å²) >= 11 is 0. The van der Waals surface area contributed by atoms with Gasteiger partial charge in [0.15, 0.2) is 5.78 Å². The molecule has 2 fully saturated rings. The molecule has 0 aromatic heterocycles. The SMILES string of the molecule is C[C@H](CN=[N+]=[N-])[C@H]1CCC2C3C=CC4=CC(=O)CC[C@]4(C)C3CC[C@@]21C. The fourth-order valence-corrected chi connectivity index (χ4v) is 7.26. The van der Waals surface area contributed by atoms with Crippen LogP contribution in [0.5, 0.6) is 0 Å². The van der Waals surface area contributed by atoms with E-state index >= 15 is 0 Å². The van der Waals surface area contributed by atoms with Crippen LogP contribution in [0.15, 0.2) is 28.9 Å². The second-order valence-corrected chi connectivity index (χ2v) is 9.75. The van der Waals surface area contributed by atoms with E-state index in [1.807, 2.05) is 6.08 Å². The highest BCUT2D eigenvalue weighted by atomic mass is 16.1. The molecular weight excluding hydrogens is 322 g/mol. The maximum atomic E-state index is 11.9. The maximum Gasteiger partial charge on any atom is 0.156 e. The topological polar surface area (TPSA) is 65.8 Å². The lowest BCUT2D eigenvalue weighted by Crippen LogP contribution is -2.49. The predicted octanol–water partition coefficient (Wildman–Crippen LogP) is 5.86. The molecule has 0 radical (unpaired) electrons. The Balaban J connectivity index is 1.63. The fourth-order valence-electron chi connectivity index (χ4n) is 7.26. The summed E-state index contributed by atoms with van der Waals surface area (Å²) in [5, 5.41) is 3.87. The van der Waals surface area contributed by atoms with Gasteiger partial charge in [0, 0.05) is 17.9 Å². The first-order chi connectivity index (χ1) is 12.4. The van der Waals surface area contributed by atoms with E-state index in [4.69, 9.17) is 5.53 Å². The number of allylic oxidation sites excluding steroid dienone is 4. The van der Waals surface area contributed by atoms with Crippen molar-refractivity contribution in [2.24, 2.45) is 45.5 Å². The number of ketones is 1. The lowest BCUT2D eigenvalue weighted by molar-refractivity contribution is -0.116. The van der Waals surface area contributed by atoms with Crippen molar-refractivity contribution in [3.05, 3.63) is 34.2 Å². The Labute approximate surface area is 156 Å². The summed E-state index contributed by atoms with van der Waals surface area (Å²) < 4.78 is 0. The third-order valence-electron chi connectivity index (χ3n) is 8.71. The van der Waals surface area contributed by atoms with E-state index in [0.29, 0.717) is 47.8 Å². The Hall–Kier alpha value is -1.54. The minimum atomic E-state index is 0.184. The largest absolute Gasteiger partial charge is 0.295 e. The van der Waals surface area contributed by atoms with E-state index in [1.165, 1.54) is 31.3 Å². The van der Waals surface area contributed by atoms with Gasteiger partial charge in [0.2, 0.25) is 0 Å². The van der Waals surface area contributed by atoms with Gasteiger partial charge >= 0.3 is 0 Å². The highest BCUT2D eigenvalue weighted by molar-refractivity contribution is 5.92. The molecule has 140 valence electrons. The highest BCUT2D eigenvalue weighted by Gasteiger charge is 2.58. The second-order valence-electron chi connectivity index (χ2n) is 9.75. The predicted molar refractivity (Wildman–Crippen MR) is 103 cm³/mol. The standard InChI is InChI=1S/C22H31N3O/c1-14(13-24-25-23)18-6-7-19-17-5-4-15-12-16(26)8-10-21(15,2)20(17)9-11-22(18,19)3/h4-5,12,14,17-20H,6-11,13H2,1-3H3/t14-,17?,18-,19?,20?,21+,22-/m1/s1. The number of hydrogen-bond donors (Lipinski definition) is 0. The van der Waals surface area contributed by atoms with Gasteiger partial charge in [-0.25, -0.2) is 0 Å². The lowest BCUT2D eigenvalue weighted by atomic mass is 9.48. The first-order valence-corrected chi connectivity index (χ1v) is 10.3. The summed E-state index contributed by atoms with van der Waals surface area (Å²) in [6.45, 7) is 7.81. The number of carbonyl (C=O) groups is 1. The minimum Gasteiger partial charge on any atom is -0.295 e. The Morgan fingerprint density at radius 3 is 2.85 bits per heavy atom. The van der Waals surface area contributed by atoms with Crippen molar-refractivity contribution in [1.29, 1.82) is 0 Å². The van der Waals surface area contributed by atoms with Gasteiger partial charge in [-0.05, 0) is 89.7 Å². The van der Waals surface area contributed by atoms with Crippen LogP contribution in [0.25, 0.3) is 10.4 Å². The summed E-state index contributed by atoms with van der Waals surface area (Å²) in [7, 11) is 0. The fraction of sp³-hybridized carbons (Fsp3) is 0.773. The number of fused-ring (bicyclic) bond motifs is 5. The molecule has 0 heterocycles. The van der Waals surface area contributed by atoms with Crippen LogP contribution in [-0.4, -0.2) is 12.3 Å². The quantitative estimate of drug-likeness (QED) is 0.356. The zero-order valence-corrected chi connectivity index (χ0v) is 16.3. The molecule has 4 aliphatic carbocycles. The molecule has 4 nitrogen and oxygen atoms in total. The van der Waals surface area contributed by atoms with Crippen molar-refractivity contribution in [3.63, 3.8) is 0 Å². The Morgan fingerprint density at radius 2 is 2.08 bits per heavy atom. The summed E-state index contributed by atoms with van der Waals surface area (Å²) in [4.78, 5) is 14.9. The van der Waals surface area contributed by atoms with Crippen molar-refractivity contribution in [2.45, 2.75) is 59.3 Å². The molecule has 4 aliphatic rings. The molecule has 0 bridgehead atoms. The molecule has 0 spiro atoms. The summed E-state index contributed by atoms with van der Waals surface area (Å²) in [6, 6.07) is 0. The number of azide groups is 1. The van der Waals surface area contributed by atoms with Crippen molar-refractivity contribution in [3.8, 4) is 0 Å². The van der Waals surface area contributed by atoms with Gasteiger partial charge in [0.1, 0.15) is 0 Å². The Kier molecular flexibility index (Phi) is 4.30. The van der Waals surface area contributed by atoms with Crippen molar-refractivity contribution in [2.75, 3.05) is 6.54 Å². The third kappa shape index (κ3) is 2.49. The van der Waals surface area contributed by atoms with Gasteiger partial charge in [-0.1, -0.05) is 38.0 Å². The number of nitrogens with zero attached hydrogens (tertiary/aromatic N) is 3. The summed E-state index contributed by atoms with van der Waals surface area (Å²) in [5.41, 5.74) is 10.5. The molecule has 26 heavy (non-hydrogen) atoms. The number of carbonyl (C=O) groups excluding carboxylic acids is 1. The van der Waals surface area contributed by atoms with E-state index in [0.717, 1.165) is 12.3 Å². The molecule has 7 atom stereocenters. The van der Waals surface area contributed by atoms with E-state index in [9.17, 15) is 4.79 Å². The number of hydrogen-bond acceptors (Lipinski definition) is 2. The van der Waals surface area contributed by atoms with E-state index in [1.54, 1.807) is 0 Å². The zero-order chi connectivity index (χ0) is 18.5. The molecule has 2 saturated carbocycles. The minimum absolute atomic E-state index is 0.184. The zero-order valence-electron chi connectivity index (χ0n) is 16.3. The molecule has 0 amide bonds. The van der Waals surface area contributed by atoms with E-state index in [2.05, 4.69) is 42.9 Å². The summed E-state index contributed by atoms with van der Waals surface area (Å²) in [5.74, 6) is 3.46. The second kappa shape index (κ2) is 6.27. The first kappa shape index (κ1) is 17.9. The molecular formula is C22H31N3O. The molecule has 0 aromatic carbocycles. The van der Waals surface area contributed by atoms with Crippen LogP contribution in [0.2, 0.25) is 0 Å². The molecule has 0 aromatic rings. The van der Waals surface area contributed by atoms with Crippen LogP contribution in [0.1, 0.15) is 59.3 Å². The van der Waals surface area contributed by atoms with Gasteiger partial charge in [-0.15, -0.1) is 0 Å². The smallest absolute Gasteiger partial charge is 0.156 e. The van der Waals surface area contributed by atoms with E-state index < -0.39 is 0 Å². The normalized spacial score (nSPS) is 45.0. The van der Waals surface area contributed by atoms with E-state index in [-0.39, 0.29) is 5.41 Å². The van der Waals surface area contributed by atoms with Crippen LogP contribution >= 0.6 is 0 Å². The lowest BCUT2D eigenvalue weighted by Gasteiger charge is -2.56. The molecule has 3 unspecified atom stereocenters. The van der Waals surface area contributed by atoms with Crippen molar-refractivity contribution < 1.29 is 4.79 Å². The third-order valence-corrected chi connectivity index (χ3v) is 8.71. The average Bonchev–Trinajstić information content (AvgIpc) is 2.97. The maximum absolute atomic E-state index is 11.9. The first-order valence-electron chi connectivity index (χ1n) is 10.3. The average molecular weight is 354 g/mol. The highest BCUT2D eigenvalue weighted by Crippen LogP contribution is 2.66. The number of rotatable bonds is 3.